The predicted octanol–water partition coefficient (Wildman–Crippen LogP) is 2.74. The van der Waals surface area contributed by atoms with Gasteiger partial charge in [-0.1, -0.05) is 18.2 Å². The number of piperidine rings is 1. The third-order valence-corrected chi connectivity index (χ3v) is 6.63. The first-order valence-electron chi connectivity index (χ1n) is 8.71. The van der Waals surface area contributed by atoms with Crippen LogP contribution in [0.25, 0.3) is 11.3 Å². The Morgan fingerprint density at radius 2 is 1.96 bits per heavy atom. The van der Waals surface area contributed by atoms with E-state index in [1.54, 1.807) is 25.5 Å². The number of nitrogens with zero attached hydrogens (tertiary/aromatic N) is 3. The van der Waals surface area contributed by atoms with E-state index in [2.05, 4.69) is 0 Å². The highest BCUT2D eigenvalue weighted by molar-refractivity contribution is 7.86. The average Bonchev–Trinajstić information content (AvgIpc) is 2.68. The van der Waals surface area contributed by atoms with Gasteiger partial charge in [0.05, 0.1) is 12.8 Å². The molecule has 6 nitrogen and oxygen atoms in total. The Morgan fingerprint density at radius 3 is 2.69 bits per heavy atom. The summed E-state index contributed by atoms with van der Waals surface area (Å²) in [6.45, 7) is 1.03. The third-order valence-electron chi connectivity index (χ3n) is 4.73. The van der Waals surface area contributed by atoms with Crippen molar-refractivity contribution in [2.45, 2.75) is 18.8 Å². The zero-order chi connectivity index (χ0) is 18.7. The van der Waals surface area contributed by atoms with Gasteiger partial charge in [0.25, 0.3) is 10.2 Å². The van der Waals surface area contributed by atoms with Gasteiger partial charge in [-0.05, 0) is 37.1 Å². The standard InChI is InChI=1S/C19H25N3O3S/c1-21(2)26(23,24)22-12-6-8-16(14-22)19-11-5-10-18(20-19)15-7-4-9-17(13-15)25-3/h4-5,7,9-11,13,16H,6,8,12,14H2,1-3H3. The molecule has 0 saturated carbocycles. The quantitative estimate of drug-likeness (QED) is 0.806. The van der Waals surface area contributed by atoms with Crippen molar-refractivity contribution >= 4 is 10.2 Å². The Kier molecular flexibility index (Phi) is 5.60. The normalized spacial score (nSPS) is 18.8. The molecule has 0 bridgehead atoms. The Morgan fingerprint density at radius 1 is 1.19 bits per heavy atom. The highest BCUT2D eigenvalue weighted by Crippen LogP contribution is 2.30. The molecular weight excluding hydrogens is 350 g/mol. The zero-order valence-electron chi connectivity index (χ0n) is 15.4. The molecule has 1 fully saturated rings. The van der Waals surface area contributed by atoms with E-state index in [-0.39, 0.29) is 5.92 Å². The zero-order valence-corrected chi connectivity index (χ0v) is 16.2. The average molecular weight is 375 g/mol. The Hall–Kier alpha value is -1.96. The topological polar surface area (TPSA) is 62.7 Å². The lowest BCUT2D eigenvalue weighted by Gasteiger charge is -2.33. The number of pyridine rings is 1. The number of rotatable bonds is 5. The van der Waals surface area contributed by atoms with Crippen molar-refractivity contribution in [1.82, 2.24) is 13.6 Å². The van der Waals surface area contributed by atoms with Gasteiger partial charge in [-0.25, -0.2) is 0 Å². The van der Waals surface area contributed by atoms with Crippen molar-refractivity contribution in [2.24, 2.45) is 0 Å². The number of hydrogen-bond acceptors (Lipinski definition) is 4. The minimum Gasteiger partial charge on any atom is -0.497 e. The van der Waals surface area contributed by atoms with Gasteiger partial charge in [-0.15, -0.1) is 0 Å². The van der Waals surface area contributed by atoms with Gasteiger partial charge in [-0.2, -0.15) is 17.0 Å². The van der Waals surface area contributed by atoms with Gasteiger partial charge < -0.3 is 4.74 Å². The third kappa shape index (κ3) is 3.90. The van der Waals surface area contributed by atoms with E-state index in [4.69, 9.17) is 9.72 Å². The molecular formula is C19H25N3O3S. The first-order valence-corrected chi connectivity index (χ1v) is 10.1. The van der Waals surface area contributed by atoms with Crippen molar-refractivity contribution < 1.29 is 13.2 Å². The summed E-state index contributed by atoms with van der Waals surface area (Å²) in [5, 5.41) is 0. The summed E-state index contributed by atoms with van der Waals surface area (Å²) in [6, 6.07) is 13.7. The fraction of sp³-hybridized carbons (Fsp3) is 0.421. The van der Waals surface area contributed by atoms with Crippen LogP contribution in [0.1, 0.15) is 24.5 Å². The summed E-state index contributed by atoms with van der Waals surface area (Å²) in [4.78, 5) is 4.81. The van der Waals surface area contributed by atoms with Crippen molar-refractivity contribution in [2.75, 3.05) is 34.3 Å². The molecule has 2 aromatic rings. The second-order valence-electron chi connectivity index (χ2n) is 6.67. The Bertz CT molecular complexity index is 868. The Balaban J connectivity index is 1.86. The van der Waals surface area contributed by atoms with Gasteiger partial charge in [0.2, 0.25) is 0 Å². The van der Waals surface area contributed by atoms with E-state index in [1.165, 1.54) is 4.31 Å². The molecule has 1 aliphatic rings. The summed E-state index contributed by atoms with van der Waals surface area (Å²) in [5.41, 5.74) is 2.79. The van der Waals surface area contributed by atoms with Crippen LogP contribution in [0.2, 0.25) is 0 Å². The Labute approximate surface area is 155 Å². The molecule has 0 radical (unpaired) electrons. The maximum Gasteiger partial charge on any atom is 0.281 e. The number of hydrogen-bond donors (Lipinski definition) is 0. The molecule has 0 spiro atoms. The van der Waals surface area contributed by atoms with Crippen LogP contribution >= 0.6 is 0 Å². The highest BCUT2D eigenvalue weighted by Gasteiger charge is 2.31. The van der Waals surface area contributed by atoms with Gasteiger partial charge in [0.1, 0.15) is 5.75 Å². The smallest absolute Gasteiger partial charge is 0.281 e. The van der Waals surface area contributed by atoms with Crippen LogP contribution in [0.3, 0.4) is 0 Å². The molecule has 1 aromatic carbocycles. The highest BCUT2D eigenvalue weighted by atomic mass is 32.2. The van der Waals surface area contributed by atoms with Crippen LogP contribution in [0.5, 0.6) is 5.75 Å². The molecule has 1 saturated heterocycles. The first-order chi connectivity index (χ1) is 12.4. The molecule has 3 rings (SSSR count). The van der Waals surface area contributed by atoms with Crippen LogP contribution in [0.15, 0.2) is 42.5 Å². The monoisotopic (exact) mass is 375 g/mol. The lowest BCUT2D eigenvalue weighted by Crippen LogP contribution is -2.45. The summed E-state index contributed by atoms with van der Waals surface area (Å²) >= 11 is 0. The molecule has 26 heavy (non-hydrogen) atoms. The minimum absolute atomic E-state index is 0.101. The predicted molar refractivity (Wildman–Crippen MR) is 102 cm³/mol. The second kappa shape index (κ2) is 7.73. The van der Waals surface area contributed by atoms with E-state index in [1.807, 2.05) is 42.5 Å². The van der Waals surface area contributed by atoms with E-state index in [0.29, 0.717) is 13.1 Å². The van der Waals surface area contributed by atoms with Crippen LogP contribution in [0.4, 0.5) is 0 Å². The van der Waals surface area contributed by atoms with Gasteiger partial charge in [-0.3, -0.25) is 4.98 Å². The largest absolute Gasteiger partial charge is 0.497 e. The lowest BCUT2D eigenvalue weighted by atomic mass is 9.95. The SMILES string of the molecule is COc1cccc(-c2cccc(C3CCCN(S(=O)(=O)N(C)C)C3)n2)c1. The molecule has 140 valence electrons. The number of ether oxygens (including phenoxy) is 1. The number of aromatic nitrogens is 1. The molecule has 1 atom stereocenters. The fourth-order valence-corrected chi connectivity index (χ4v) is 4.44. The van der Waals surface area contributed by atoms with Crippen molar-refractivity contribution in [3.8, 4) is 17.0 Å². The summed E-state index contributed by atoms with van der Waals surface area (Å²) in [5.74, 6) is 0.889. The van der Waals surface area contributed by atoms with Crippen LogP contribution in [0, 0.1) is 0 Å². The molecule has 1 aliphatic heterocycles. The van der Waals surface area contributed by atoms with E-state index in [0.717, 1.165) is 35.5 Å². The maximum atomic E-state index is 12.4. The van der Waals surface area contributed by atoms with Gasteiger partial charge >= 0.3 is 0 Å². The molecule has 1 aromatic heterocycles. The van der Waals surface area contributed by atoms with E-state index < -0.39 is 10.2 Å². The number of benzene rings is 1. The molecule has 0 amide bonds. The van der Waals surface area contributed by atoms with Gasteiger partial charge in [0.15, 0.2) is 0 Å². The molecule has 2 heterocycles. The van der Waals surface area contributed by atoms with Crippen LogP contribution in [-0.4, -0.2) is 56.3 Å². The van der Waals surface area contributed by atoms with Crippen molar-refractivity contribution in [1.29, 1.82) is 0 Å². The van der Waals surface area contributed by atoms with Crippen molar-refractivity contribution in [3.05, 3.63) is 48.2 Å². The lowest BCUT2D eigenvalue weighted by molar-refractivity contribution is 0.296. The molecule has 0 N–H and O–H groups in total. The summed E-state index contributed by atoms with van der Waals surface area (Å²) in [7, 11) is 1.39. The van der Waals surface area contributed by atoms with Crippen LogP contribution in [-0.2, 0) is 10.2 Å². The van der Waals surface area contributed by atoms with E-state index >= 15 is 0 Å². The summed E-state index contributed by atoms with van der Waals surface area (Å²) < 4.78 is 33.0. The van der Waals surface area contributed by atoms with Crippen molar-refractivity contribution in [3.63, 3.8) is 0 Å². The van der Waals surface area contributed by atoms with Crippen LogP contribution < -0.4 is 4.74 Å². The second-order valence-corrected chi connectivity index (χ2v) is 8.81. The fourth-order valence-electron chi connectivity index (χ4n) is 3.25. The maximum absolute atomic E-state index is 12.4. The first kappa shape index (κ1) is 18.8. The van der Waals surface area contributed by atoms with Gasteiger partial charge in [0, 0.05) is 44.4 Å². The molecule has 0 aliphatic carbocycles. The minimum atomic E-state index is -3.39. The molecule has 1 unspecified atom stereocenters. The van der Waals surface area contributed by atoms with E-state index in [9.17, 15) is 8.42 Å². The summed E-state index contributed by atoms with van der Waals surface area (Å²) in [6.07, 6.45) is 1.77. The number of methoxy groups -OCH3 is 1. The molecule has 7 heteroatoms.